The van der Waals surface area contributed by atoms with Crippen LogP contribution in [-0.2, 0) is 16.1 Å². The van der Waals surface area contributed by atoms with E-state index < -0.39 is 0 Å². The van der Waals surface area contributed by atoms with Crippen LogP contribution in [0.5, 0.6) is 0 Å². The molecule has 0 atom stereocenters. The van der Waals surface area contributed by atoms with Gasteiger partial charge in [0.25, 0.3) is 0 Å². The number of nitrogens with one attached hydrogen (secondary N) is 1. The third-order valence-electron chi connectivity index (χ3n) is 2.95. The van der Waals surface area contributed by atoms with Crippen LogP contribution in [0.1, 0.15) is 32.3 Å². The number of hydrogen-bond donors (Lipinski definition) is 1. The zero-order chi connectivity index (χ0) is 15.0. The molecule has 0 unspecified atom stereocenters. The minimum absolute atomic E-state index is 0.0220. The van der Waals surface area contributed by atoms with Gasteiger partial charge < -0.3 is 10.2 Å². The highest BCUT2D eigenvalue weighted by Crippen LogP contribution is 2.16. The SMILES string of the molecule is CCCC(=O)NCCN(Cc1ccccc1Cl)C(C)=O. The molecule has 20 heavy (non-hydrogen) atoms. The van der Waals surface area contributed by atoms with Crippen molar-refractivity contribution in [1.29, 1.82) is 0 Å². The van der Waals surface area contributed by atoms with E-state index in [0.29, 0.717) is 31.1 Å². The quantitative estimate of drug-likeness (QED) is 0.841. The molecule has 0 aliphatic heterocycles. The molecule has 1 rings (SSSR count). The summed E-state index contributed by atoms with van der Waals surface area (Å²) in [4.78, 5) is 24.7. The average molecular weight is 297 g/mol. The van der Waals surface area contributed by atoms with Gasteiger partial charge >= 0.3 is 0 Å². The molecule has 0 aliphatic carbocycles. The first-order chi connectivity index (χ1) is 9.54. The number of hydrogen-bond acceptors (Lipinski definition) is 2. The van der Waals surface area contributed by atoms with Gasteiger partial charge in [0.1, 0.15) is 0 Å². The second kappa shape index (κ2) is 8.59. The van der Waals surface area contributed by atoms with Gasteiger partial charge in [-0.15, -0.1) is 0 Å². The van der Waals surface area contributed by atoms with Gasteiger partial charge in [0.2, 0.25) is 11.8 Å². The Labute approximate surface area is 125 Å². The zero-order valence-corrected chi connectivity index (χ0v) is 12.7. The number of amides is 2. The molecule has 0 heterocycles. The fourth-order valence-electron chi connectivity index (χ4n) is 1.83. The molecule has 2 amide bonds. The first kappa shape index (κ1) is 16.5. The highest BCUT2D eigenvalue weighted by Gasteiger charge is 2.11. The Kier molecular flexibility index (Phi) is 7.09. The highest BCUT2D eigenvalue weighted by atomic mass is 35.5. The summed E-state index contributed by atoms with van der Waals surface area (Å²) in [6, 6.07) is 7.45. The Morgan fingerprint density at radius 1 is 1.30 bits per heavy atom. The molecule has 0 radical (unpaired) electrons. The standard InChI is InChI=1S/C15H21ClN2O2/c1-3-6-15(20)17-9-10-18(12(2)19)11-13-7-4-5-8-14(13)16/h4-5,7-8H,3,6,9-11H2,1-2H3,(H,17,20). The lowest BCUT2D eigenvalue weighted by molar-refractivity contribution is -0.130. The molecule has 110 valence electrons. The largest absolute Gasteiger partial charge is 0.354 e. The van der Waals surface area contributed by atoms with Gasteiger partial charge in [0.05, 0.1) is 0 Å². The Morgan fingerprint density at radius 3 is 2.60 bits per heavy atom. The molecule has 1 aromatic rings. The average Bonchev–Trinajstić information content (AvgIpc) is 2.40. The molecular formula is C15H21ClN2O2. The molecule has 0 saturated carbocycles. The summed E-state index contributed by atoms with van der Waals surface area (Å²) in [5.41, 5.74) is 0.907. The van der Waals surface area contributed by atoms with Crippen molar-refractivity contribution in [2.24, 2.45) is 0 Å². The van der Waals surface area contributed by atoms with Crippen molar-refractivity contribution in [2.75, 3.05) is 13.1 Å². The van der Waals surface area contributed by atoms with Crippen molar-refractivity contribution in [3.05, 3.63) is 34.9 Å². The molecule has 0 saturated heterocycles. The van der Waals surface area contributed by atoms with Crippen LogP contribution >= 0.6 is 11.6 Å². The maximum absolute atomic E-state index is 11.6. The topological polar surface area (TPSA) is 49.4 Å². The van der Waals surface area contributed by atoms with Gasteiger partial charge in [0, 0.05) is 38.0 Å². The van der Waals surface area contributed by atoms with Crippen LogP contribution in [0.15, 0.2) is 24.3 Å². The zero-order valence-electron chi connectivity index (χ0n) is 12.0. The monoisotopic (exact) mass is 296 g/mol. The summed E-state index contributed by atoms with van der Waals surface area (Å²) >= 11 is 6.09. The van der Waals surface area contributed by atoms with Crippen LogP contribution in [0.4, 0.5) is 0 Å². The summed E-state index contributed by atoms with van der Waals surface area (Å²) in [6.07, 6.45) is 1.34. The number of benzene rings is 1. The maximum atomic E-state index is 11.6. The molecule has 0 bridgehead atoms. The van der Waals surface area contributed by atoms with E-state index >= 15 is 0 Å². The van der Waals surface area contributed by atoms with E-state index in [9.17, 15) is 9.59 Å². The number of halogens is 1. The molecule has 0 spiro atoms. The Bertz CT molecular complexity index is 463. The van der Waals surface area contributed by atoms with E-state index in [4.69, 9.17) is 11.6 Å². The van der Waals surface area contributed by atoms with E-state index in [1.165, 1.54) is 6.92 Å². The van der Waals surface area contributed by atoms with Crippen LogP contribution in [0.2, 0.25) is 5.02 Å². The summed E-state index contributed by atoms with van der Waals surface area (Å²) in [7, 11) is 0. The lowest BCUT2D eigenvalue weighted by Crippen LogP contribution is -2.37. The van der Waals surface area contributed by atoms with Crippen molar-refractivity contribution >= 4 is 23.4 Å². The van der Waals surface area contributed by atoms with Gasteiger partial charge in [-0.2, -0.15) is 0 Å². The number of carbonyl (C=O) groups is 2. The summed E-state index contributed by atoms with van der Waals surface area (Å²) in [5.74, 6) is -0.0107. The summed E-state index contributed by atoms with van der Waals surface area (Å²) in [5, 5.41) is 3.45. The van der Waals surface area contributed by atoms with Gasteiger partial charge in [-0.3, -0.25) is 9.59 Å². The molecule has 0 aromatic heterocycles. The molecular weight excluding hydrogens is 276 g/mol. The minimum atomic E-state index is -0.0327. The van der Waals surface area contributed by atoms with Gasteiger partial charge in [-0.25, -0.2) is 0 Å². The Balaban J connectivity index is 2.51. The lowest BCUT2D eigenvalue weighted by Gasteiger charge is -2.22. The summed E-state index contributed by atoms with van der Waals surface area (Å²) < 4.78 is 0. The molecule has 0 aliphatic rings. The fourth-order valence-corrected chi connectivity index (χ4v) is 2.02. The van der Waals surface area contributed by atoms with E-state index in [-0.39, 0.29) is 11.8 Å². The van der Waals surface area contributed by atoms with Crippen LogP contribution < -0.4 is 5.32 Å². The van der Waals surface area contributed by atoms with E-state index in [1.807, 2.05) is 25.1 Å². The third kappa shape index (κ3) is 5.61. The lowest BCUT2D eigenvalue weighted by atomic mass is 10.2. The normalized spacial score (nSPS) is 10.2. The number of nitrogens with zero attached hydrogens (tertiary/aromatic N) is 1. The third-order valence-corrected chi connectivity index (χ3v) is 3.31. The molecule has 1 N–H and O–H groups in total. The molecule has 4 nitrogen and oxygen atoms in total. The van der Waals surface area contributed by atoms with Crippen molar-refractivity contribution in [1.82, 2.24) is 10.2 Å². The second-order valence-electron chi connectivity index (χ2n) is 4.63. The van der Waals surface area contributed by atoms with Crippen LogP contribution in [-0.4, -0.2) is 29.8 Å². The van der Waals surface area contributed by atoms with Crippen molar-refractivity contribution in [3.63, 3.8) is 0 Å². The number of rotatable bonds is 7. The van der Waals surface area contributed by atoms with Gasteiger partial charge in [-0.05, 0) is 18.1 Å². The smallest absolute Gasteiger partial charge is 0.220 e. The first-order valence-electron chi connectivity index (χ1n) is 6.80. The highest BCUT2D eigenvalue weighted by molar-refractivity contribution is 6.31. The fraction of sp³-hybridized carbons (Fsp3) is 0.467. The van der Waals surface area contributed by atoms with E-state index in [1.54, 1.807) is 11.0 Å². The Morgan fingerprint density at radius 2 is 2.00 bits per heavy atom. The number of carbonyl (C=O) groups excluding carboxylic acids is 2. The minimum Gasteiger partial charge on any atom is -0.354 e. The predicted octanol–water partition coefficient (Wildman–Crippen LogP) is 2.60. The van der Waals surface area contributed by atoms with E-state index in [2.05, 4.69) is 5.32 Å². The predicted molar refractivity (Wildman–Crippen MR) is 80.5 cm³/mol. The first-order valence-corrected chi connectivity index (χ1v) is 7.18. The van der Waals surface area contributed by atoms with Crippen molar-refractivity contribution < 1.29 is 9.59 Å². The van der Waals surface area contributed by atoms with Crippen molar-refractivity contribution in [3.8, 4) is 0 Å². The van der Waals surface area contributed by atoms with Gasteiger partial charge in [0.15, 0.2) is 0 Å². The second-order valence-corrected chi connectivity index (χ2v) is 5.04. The van der Waals surface area contributed by atoms with Crippen LogP contribution in [0, 0.1) is 0 Å². The molecule has 0 fully saturated rings. The van der Waals surface area contributed by atoms with Crippen LogP contribution in [0.3, 0.4) is 0 Å². The molecule has 1 aromatic carbocycles. The van der Waals surface area contributed by atoms with Gasteiger partial charge in [-0.1, -0.05) is 36.7 Å². The maximum Gasteiger partial charge on any atom is 0.220 e. The molecule has 5 heteroatoms. The van der Waals surface area contributed by atoms with E-state index in [0.717, 1.165) is 12.0 Å². The van der Waals surface area contributed by atoms with Crippen LogP contribution in [0.25, 0.3) is 0 Å². The van der Waals surface area contributed by atoms with Crippen molar-refractivity contribution in [2.45, 2.75) is 33.2 Å². The Hall–Kier alpha value is -1.55. The summed E-state index contributed by atoms with van der Waals surface area (Å²) in [6.45, 7) is 4.88.